The second-order valence-corrected chi connectivity index (χ2v) is 19.9. The van der Waals surface area contributed by atoms with Crippen LogP contribution in [0, 0.1) is 0 Å². The van der Waals surface area contributed by atoms with Crippen molar-refractivity contribution in [3.63, 3.8) is 0 Å². The maximum absolute atomic E-state index is 12.8. The molecule has 0 aromatic heterocycles. The van der Waals surface area contributed by atoms with Crippen molar-refractivity contribution >= 4 is 13.8 Å². The molecule has 0 heterocycles. The minimum Gasteiger partial charge on any atom is -0.498 e. The summed E-state index contributed by atoms with van der Waals surface area (Å²) in [6, 6.07) is 0. The summed E-state index contributed by atoms with van der Waals surface area (Å²) in [7, 11) is -5.03. The maximum Gasteiger partial charge on any atom is 0.472 e. The molecule has 1 fully saturated rings. The summed E-state index contributed by atoms with van der Waals surface area (Å²) < 4.78 is 34.1. The van der Waals surface area contributed by atoms with Gasteiger partial charge in [0.2, 0.25) is 0 Å². The molecule has 0 amide bonds. The lowest BCUT2D eigenvalue weighted by atomic mass is 9.85. The van der Waals surface area contributed by atoms with Crippen molar-refractivity contribution in [1.82, 2.24) is 0 Å². The van der Waals surface area contributed by atoms with E-state index in [1.165, 1.54) is 186 Å². The van der Waals surface area contributed by atoms with Gasteiger partial charge in [0.15, 0.2) is 6.10 Å². The molecule has 374 valence electrons. The van der Waals surface area contributed by atoms with Gasteiger partial charge in [-0.3, -0.25) is 13.8 Å². The zero-order valence-corrected chi connectivity index (χ0v) is 41.0. The Balaban J connectivity index is 2.35. The number of aliphatic hydroxyl groups is 5. The first-order chi connectivity index (χ1) is 30.5. The quantitative estimate of drug-likeness (QED) is 0.0147. The number of rotatable bonds is 45. The van der Waals surface area contributed by atoms with Crippen molar-refractivity contribution in [1.29, 1.82) is 0 Å². The van der Waals surface area contributed by atoms with E-state index in [1.54, 1.807) is 0 Å². The summed E-state index contributed by atoms with van der Waals surface area (Å²) in [6.07, 6.45) is 35.0. The highest BCUT2D eigenvalue weighted by Crippen LogP contribution is 2.47. The molecule has 0 spiro atoms. The minimum atomic E-state index is -5.03. The largest absolute Gasteiger partial charge is 0.498 e. The third kappa shape index (κ3) is 33.1. The van der Waals surface area contributed by atoms with Crippen LogP contribution in [0.15, 0.2) is 12.3 Å². The molecule has 0 aromatic carbocycles. The molecule has 0 aliphatic heterocycles. The number of phosphoric ester groups is 1. The van der Waals surface area contributed by atoms with Crippen LogP contribution in [0.25, 0.3) is 0 Å². The first kappa shape index (κ1) is 59.9. The van der Waals surface area contributed by atoms with Crippen LogP contribution in [0.2, 0.25) is 0 Å². The normalized spacial score (nSPS) is 21.8. The van der Waals surface area contributed by atoms with E-state index < -0.39 is 63.1 Å². The Labute approximate surface area is 384 Å². The molecular formula is C50H97O12P. The lowest BCUT2D eigenvalue weighted by Crippen LogP contribution is -2.64. The highest BCUT2D eigenvalue weighted by molar-refractivity contribution is 7.47. The van der Waals surface area contributed by atoms with Crippen LogP contribution in [0.3, 0.4) is 0 Å². The van der Waals surface area contributed by atoms with Crippen LogP contribution in [0.1, 0.15) is 245 Å². The number of hydrogen-bond acceptors (Lipinski definition) is 11. The molecule has 0 radical (unpaired) electrons. The standard InChI is InChI=1S/C50H97O12P/c1-3-5-7-9-11-13-15-17-19-21-23-25-27-29-31-33-35-37-39-44(51)61-43(42-60-63(57,58)62-50-48(55)46(53)45(52)47(54)49(50)56)41-59-40-38-36-34-32-30-28-26-24-22-20-18-16-14-12-10-8-6-4-2/h38,40,43,45-50,52-56H,3-37,39,41-42H2,1-2H3,(H,57,58)/b40-38-/t43-,45?,46-,47?,48?,49?,50?/m1/s1. The lowest BCUT2D eigenvalue weighted by molar-refractivity contribution is -0.220. The Morgan fingerprint density at radius 2 is 0.825 bits per heavy atom. The predicted molar refractivity (Wildman–Crippen MR) is 253 cm³/mol. The van der Waals surface area contributed by atoms with Crippen molar-refractivity contribution in [2.75, 3.05) is 13.2 Å². The smallest absolute Gasteiger partial charge is 0.472 e. The van der Waals surface area contributed by atoms with Crippen molar-refractivity contribution < 1.29 is 58.3 Å². The van der Waals surface area contributed by atoms with Gasteiger partial charge in [-0.25, -0.2) is 4.57 Å². The van der Waals surface area contributed by atoms with Crippen molar-refractivity contribution in [2.24, 2.45) is 0 Å². The summed E-state index contributed by atoms with van der Waals surface area (Å²) in [5.41, 5.74) is 0. The molecule has 0 bridgehead atoms. The van der Waals surface area contributed by atoms with Gasteiger partial charge in [-0.05, 0) is 25.3 Å². The molecule has 1 rings (SSSR count). The lowest BCUT2D eigenvalue weighted by Gasteiger charge is -2.41. The third-order valence-corrected chi connectivity index (χ3v) is 13.5. The van der Waals surface area contributed by atoms with E-state index in [0.29, 0.717) is 6.42 Å². The molecule has 13 heteroatoms. The predicted octanol–water partition coefficient (Wildman–Crippen LogP) is 11.8. The first-order valence-electron chi connectivity index (χ1n) is 26.1. The number of carbonyl (C=O) groups is 1. The van der Waals surface area contributed by atoms with Gasteiger partial charge in [-0.15, -0.1) is 0 Å². The Morgan fingerprint density at radius 1 is 0.492 bits per heavy atom. The van der Waals surface area contributed by atoms with Crippen molar-refractivity contribution in [2.45, 2.75) is 288 Å². The second kappa shape index (κ2) is 41.1. The van der Waals surface area contributed by atoms with Crippen LogP contribution < -0.4 is 0 Å². The highest BCUT2D eigenvalue weighted by Gasteiger charge is 2.51. The van der Waals surface area contributed by atoms with E-state index in [0.717, 1.165) is 38.5 Å². The number of aliphatic hydroxyl groups excluding tert-OH is 5. The number of hydrogen-bond donors (Lipinski definition) is 6. The average Bonchev–Trinajstić information content (AvgIpc) is 3.27. The van der Waals surface area contributed by atoms with Crippen LogP contribution in [-0.4, -0.2) is 92.3 Å². The molecule has 6 unspecified atom stereocenters. The Bertz CT molecular complexity index is 1100. The van der Waals surface area contributed by atoms with E-state index in [4.69, 9.17) is 18.5 Å². The molecule has 1 saturated carbocycles. The number of unbranched alkanes of at least 4 members (excludes halogenated alkanes) is 33. The van der Waals surface area contributed by atoms with E-state index in [1.807, 2.05) is 6.08 Å². The van der Waals surface area contributed by atoms with Gasteiger partial charge in [0.1, 0.15) is 43.2 Å². The molecule has 0 saturated heterocycles. The average molecular weight is 921 g/mol. The van der Waals surface area contributed by atoms with E-state index in [9.17, 15) is 39.8 Å². The van der Waals surface area contributed by atoms with Crippen LogP contribution in [0.4, 0.5) is 0 Å². The summed E-state index contributed by atoms with van der Waals surface area (Å²) >= 11 is 0. The number of allylic oxidation sites excluding steroid dienone is 1. The van der Waals surface area contributed by atoms with Gasteiger partial charge in [0.05, 0.1) is 12.9 Å². The van der Waals surface area contributed by atoms with E-state index >= 15 is 0 Å². The summed E-state index contributed by atoms with van der Waals surface area (Å²) in [6.45, 7) is 3.77. The van der Waals surface area contributed by atoms with Crippen molar-refractivity contribution in [3.05, 3.63) is 12.3 Å². The van der Waals surface area contributed by atoms with Crippen LogP contribution >= 0.6 is 7.82 Å². The topological polar surface area (TPSA) is 192 Å². The van der Waals surface area contributed by atoms with Crippen LogP contribution in [0.5, 0.6) is 0 Å². The van der Waals surface area contributed by atoms with Gasteiger partial charge >= 0.3 is 13.8 Å². The molecule has 1 aliphatic rings. The van der Waals surface area contributed by atoms with Gasteiger partial charge in [0.25, 0.3) is 0 Å². The maximum atomic E-state index is 12.8. The Morgan fingerprint density at radius 3 is 1.21 bits per heavy atom. The van der Waals surface area contributed by atoms with E-state index in [2.05, 4.69) is 13.8 Å². The first-order valence-corrected chi connectivity index (χ1v) is 27.6. The fourth-order valence-corrected chi connectivity index (χ4v) is 9.30. The van der Waals surface area contributed by atoms with Crippen LogP contribution in [-0.2, 0) is 27.9 Å². The summed E-state index contributed by atoms with van der Waals surface area (Å²) in [5, 5.41) is 50.3. The number of carbonyl (C=O) groups excluding carboxylic acids is 1. The Kier molecular flexibility index (Phi) is 39.1. The van der Waals surface area contributed by atoms with Gasteiger partial charge in [0, 0.05) is 6.42 Å². The molecule has 8 atom stereocenters. The van der Waals surface area contributed by atoms with E-state index in [-0.39, 0.29) is 13.0 Å². The van der Waals surface area contributed by atoms with Gasteiger partial charge in [-0.1, -0.05) is 219 Å². The number of phosphoric acid groups is 1. The summed E-state index contributed by atoms with van der Waals surface area (Å²) in [5.74, 6) is -0.493. The fourth-order valence-electron chi connectivity index (χ4n) is 8.32. The molecule has 63 heavy (non-hydrogen) atoms. The summed E-state index contributed by atoms with van der Waals surface area (Å²) in [4.78, 5) is 23.2. The molecule has 6 N–H and O–H groups in total. The fraction of sp³-hybridized carbons (Fsp3) is 0.940. The number of esters is 1. The molecular weight excluding hydrogens is 824 g/mol. The van der Waals surface area contributed by atoms with Crippen molar-refractivity contribution in [3.8, 4) is 0 Å². The van der Waals surface area contributed by atoms with Gasteiger partial charge < -0.3 is 39.9 Å². The molecule has 1 aliphatic carbocycles. The molecule has 0 aromatic rings. The minimum absolute atomic E-state index is 0.154. The Hall–Kier alpha value is -1.08. The third-order valence-electron chi connectivity index (χ3n) is 12.5. The zero-order chi connectivity index (χ0) is 46.2. The SMILES string of the molecule is CCCCCCCCCCCCCCCCCC/C=C\OC[C@H](COP(=O)(O)OC1C(O)C(O)C(O)[C@@H](O)C1O)OC(=O)CCCCCCCCCCCCCCCCCCCC. The van der Waals surface area contributed by atoms with Gasteiger partial charge in [-0.2, -0.15) is 0 Å². The second-order valence-electron chi connectivity index (χ2n) is 18.5. The monoisotopic (exact) mass is 921 g/mol. The number of ether oxygens (including phenoxy) is 2. The highest BCUT2D eigenvalue weighted by atomic mass is 31.2. The molecule has 12 nitrogen and oxygen atoms in total. The zero-order valence-electron chi connectivity index (χ0n) is 40.1.